The zero-order valence-electron chi connectivity index (χ0n) is 15.0. The third kappa shape index (κ3) is 4.06. The molecule has 2 aliphatic heterocycles. The molecule has 2 aliphatic rings. The van der Waals surface area contributed by atoms with Crippen LogP contribution in [0.4, 0.5) is 0 Å². The number of carbonyl (C=O) groups is 1. The molecule has 2 unspecified atom stereocenters. The highest BCUT2D eigenvalue weighted by atomic mass is 32.2. The van der Waals surface area contributed by atoms with Gasteiger partial charge in [0, 0.05) is 31.4 Å². The van der Waals surface area contributed by atoms with Crippen LogP contribution in [0.2, 0.25) is 0 Å². The Morgan fingerprint density at radius 3 is 3.12 bits per heavy atom. The number of piperidine rings is 1. The number of likely N-dealkylation sites (tertiary alicyclic amines) is 1. The molecular weight excluding hydrogens is 336 g/mol. The molecule has 25 heavy (non-hydrogen) atoms. The van der Waals surface area contributed by atoms with Gasteiger partial charge in [0.2, 0.25) is 5.91 Å². The van der Waals surface area contributed by atoms with Crippen LogP contribution < -0.4 is 5.32 Å². The number of thioether (sulfide) groups is 1. The smallest absolute Gasteiger partial charge is 0.246 e. The standard InChI is InChI=1S/C17H28N6OS/c1-3-9-23-16(19-20-21-23)17(8-6-11-25-13-17)18-14-7-5-10-22(12-14)15(24)4-2/h4,14,18H,2-3,5-13H2,1H3. The maximum Gasteiger partial charge on any atom is 0.246 e. The first-order valence-corrected chi connectivity index (χ1v) is 10.4. The fourth-order valence-electron chi connectivity index (χ4n) is 3.87. The highest BCUT2D eigenvalue weighted by molar-refractivity contribution is 7.99. The van der Waals surface area contributed by atoms with E-state index in [-0.39, 0.29) is 17.5 Å². The maximum absolute atomic E-state index is 12.0. The summed E-state index contributed by atoms with van der Waals surface area (Å²) in [4.78, 5) is 13.9. The van der Waals surface area contributed by atoms with Gasteiger partial charge in [0.25, 0.3) is 0 Å². The Morgan fingerprint density at radius 1 is 1.52 bits per heavy atom. The average Bonchev–Trinajstić information content (AvgIpc) is 3.11. The van der Waals surface area contributed by atoms with Gasteiger partial charge in [-0.1, -0.05) is 13.5 Å². The molecule has 0 radical (unpaired) electrons. The summed E-state index contributed by atoms with van der Waals surface area (Å²) in [6.07, 6.45) is 6.69. The van der Waals surface area contributed by atoms with Crippen LogP contribution in [0.15, 0.2) is 12.7 Å². The van der Waals surface area contributed by atoms with Crippen molar-refractivity contribution in [1.29, 1.82) is 0 Å². The van der Waals surface area contributed by atoms with Crippen LogP contribution in [0.25, 0.3) is 0 Å². The molecule has 0 bridgehead atoms. The lowest BCUT2D eigenvalue weighted by Crippen LogP contribution is -2.57. The van der Waals surface area contributed by atoms with E-state index in [0.717, 1.165) is 63.3 Å². The monoisotopic (exact) mass is 364 g/mol. The third-order valence-electron chi connectivity index (χ3n) is 5.02. The van der Waals surface area contributed by atoms with Crippen LogP contribution >= 0.6 is 11.8 Å². The van der Waals surface area contributed by atoms with Crippen molar-refractivity contribution in [2.24, 2.45) is 0 Å². The van der Waals surface area contributed by atoms with E-state index in [2.05, 4.69) is 34.3 Å². The highest BCUT2D eigenvalue weighted by Gasteiger charge is 2.41. The molecule has 7 nitrogen and oxygen atoms in total. The number of tetrazole rings is 1. The van der Waals surface area contributed by atoms with E-state index in [1.165, 1.54) is 11.8 Å². The van der Waals surface area contributed by atoms with Gasteiger partial charge in [-0.3, -0.25) is 10.1 Å². The van der Waals surface area contributed by atoms with Gasteiger partial charge in [-0.05, 0) is 54.4 Å². The number of hydrogen-bond acceptors (Lipinski definition) is 6. The van der Waals surface area contributed by atoms with Crippen molar-refractivity contribution in [1.82, 2.24) is 30.4 Å². The molecular formula is C17H28N6OS. The predicted octanol–water partition coefficient (Wildman–Crippen LogP) is 1.57. The summed E-state index contributed by atoms with van der Waals surface area (Å²) < 4.78 is 1.95. The number of amides is 1. The molecule has 0 spiro atoms. The third-order valence-corrected chi connectivity index (χ3v) is 6.30. The average molecular weight is 365 g/mol. The summed E-state index contributed by atoms with van der Waals surface area (Å²) in [7, 11) is 0. The number of aromatic nitrogens is 4. The van der Waals surface area contributed by atoms with Crippen molar-refractivity contribution in [3.63, 3.8) is 0 Å². The molecule has 3 rings (SSSR count). The number of aryl methyl sites for hydroxylation is 1. The van der Waals surface area contributed by atoms with Gasteiger partial charge in [0.05, 0.1) is 5.54 Å². The molecule has 1 amide bonds. The van der Waals surface area contributed by atoms with Crippen molar-refractivity contribution < 1.29 is 4.79 Å². The molecule has 3 heterocycles. The van der Waals surface area contributed by atoms with Gasteiger partial charge >= 0.3 is 0 Å². The van der Waals surface area contributed by atoms with Crippen LogP contribution in [-0.4, -0.2) is 61.7 Å². The summed E-state index contributed by atoms with van der Waals surface area (Å²) in [5, 5.41) is 16.4. The Labute approximate surface area is 153 Å². The number of rotatable bonds is 6. The zero-order valence-corrected chi connectivity index (χ0v) is 15.8. The number of nitrogens with one attached hydrogen (secondary N) is 1. The minimum absolute atomic E-state index is 0.0226. The van der Waals surface area contributed by atoms with Gasteiger partial charge in [-0.2, -0.15) is 11.8 Å². The second-order valence-corrected chi connectivity index (χ2v) is 8.04. The second kappa shape index (κ2) is 8.31. The lowest BCUT2D eigenvalue weighted by Gasteiger charge is -2.42. The molecule has 2 atom stereocenters. The first-order chi connectivity index (χ1) is 12.2. The van der Waals surface area contributed by atoms with E-state index >= 15 is 0 Å². The van der Waals surface area contributed by atoms with Gasteiger partial charge in [-0.15, -0.1) is 5.10 Å². The van der Waals surface area contributed by atoms with Crippen molar-refractivity contribution in [3.05, 3.63) is 18.5 Å². The Morgan fingerprint density at radius 2 is 2.40 bits per heavy atom. The van der Waals surface area contributed by atoms with Crippen molar-refractivity contribution in [2.75, 3.05) is 24.6 Å². The van der Waals surface area contributed by atoms with Crippen LogP contribution in [0, 0.1) is 0 Å². The lowest BCUT2D eigenvalue weighted by molar-refractivity contribution is -0.127. The summed E-state index contributed by atoms with van der Waals surface area (Å²) in [5.41, 5.74) is -0.202. The Kier molecular flexibility index (Phi) is 6.11. The minimum Gasteiger partial charge on any atom is -0.338 e. The Hall–Kier alpha value is -1.41. The van der Waals surface area contributed by atoms with Crippen molar-refractivity contribution >= 4 is 17.7 Å². The SMILES string of the molecule is C=CC(=O)N1CCCC(NC2(c3nnnn3CCC)CCCSC2)C1. The normalized spacial score (nSPS) is 27.2. The van der Waals surface area contributed by atoms with Crippen molar-refractivity contribution in [3.8, 4) is 0 Å². The molecule has 0 saturated carbocycles. The lowest BCUT2D eigenvalue weighted by atomic mass is 9.91. The molecule has 2 fully saturated rings. The van der Waals surface area contributed by atoms with Crippen LogP contribution in [0.3, 0.4) is 0 Å². The Bertz CT molecular complexity index is 598. The molecule has 1 aromatic heterocycles. The van der Waals surface area contributed by atoms with Crippen LogP contribution in [0.5, 0.6) is 0 Å². The molecule has 0 aromatic carbocycles. The van der Waals surface area contributed by atoms with Crippen LogP contribution in [0.1, 0.15) is 44.9 Å². The van der Waals surface area contributed by atoms with Gasteiger partial charge in [-0.25, -0.2) is 4.68 Å². The van der Waals surface area contributed by atoms with Crippen LogP contribution in [-0.2, 0) is 16.9 Å². The van der Waals surface area contributed by atoms with E-state index in [1.807, 2.05) is 21.3 Å². The number of hydrogen-bond donors (Lipinski definition) is 1. The Balaban J connectivity index is 1.80. The summed E-state index contributed by atoms with van der Waals surface area (Å²) in [6.45, 7) is 8.14. The zero-order chi connectivity index (χ0) is 17.7. The number of nitrogens with zero attached hydrogens (tertiary/aromatic N) is 5. The fraction of sp³-hybridized carbons (Fsp3) is 0.765. The summed E-state index contributed by atoms with van der Waals surface area (Å²) in [5.74, 6) is 3.14. The topological polar surface area (TPSA) is 75.9 Å². The fourth-order valence-corrected chi connectivity index (χ4v) is 5.07. The minimum atomic E-state index is -0.202. The summed E-state index contributed by atoms with van der Waals surface area (Å²) in [6, 6.07) is 0.267. The van der Waals surface area contributed by atoms with E-state index in [9.17, 15) is 4.79 Å². The van der Waals surface area contributed by atoms with E-state index in [4.69, 9.17) is 0 Å². The van der Waals surface area contributed by atoms with Gasteiger partial charge in [0.15, 0.2) is 5.82 Å². The molecule has 1 N–H and O–H groups in total. The molecule has 8 heteroatoms. The number of carbonyl (C=O) groups excluding carboxylic acids is 1. The first-order valence-electron chi connectivity index (χ1n) is 9.22. The molecule has 138 valence electrons. The molecule has 0 aliphatic carbocycles. The second-order valence-electron chi connectivity index (χ2n) is 6.94. The largest absolute Gasteiger partial charge is 0.338 e. The van der Waals surface area contributed by atoms with Crippen molar-refractivity contribution in [2.45, 2.75) is 57.2 Å². The molecule has 1 aromatic rings. The van der Waals surface area contributed by atoms with Gasteiger partial charge < -0.3 is 4.90 Å². The summed E-state index contributed by atoms with van der Waals surface area (Å²) >= 11 is 1.96. The maximum atomic E-state index is 12.0. The van der Waals surface area contributed by atoms with E-state index < -0.39 is 0 Å². The van der Waals surface area contributed by atoms with Gasteiger partial charge in [0.1, 0.15) is 0 Å². The molecule has 2 saturated heterocycles. The van der Waals surface area contributed by atoms with E-state index in [1.54, 1.807) is 0 Å². The highest BCUT2D eigenvalue weighted by Crippen LogP contribution is 2.35. The van der Waals surface area contributed by atoms with E-state index in [0.29, 0.717) is 0 Å². The first kappa shape index (κ1) is 18.4. The predicted molar refractivity (Wildman–Crippen MR) is 99.3 cm³/mol. The quantitative estimate of drug-likeness (QED) is 0.772.